The highest BCUT2D eigenvalue weighted by Gasteiger charge is 2.33. The smallest absolute Gasteiger partial charge is 0.238 e. The van der Waals surface area contributed by atoms with Crippen LogP contribution in [0.5, 0.6) is 5.75 Å². The molecule has 6 nitrogen and oxygen atoms in total. The molecule has 0 unspecified atom stereocenters. The fourth-order valence-corrected chi connectivity index (χ4v) is 4.33. The molecule has 1 aliphatic heterocycles. The minimum absolute atomic E-state index is 0.124. The molecule has 6 heteroatoms. The summed E-state index contributed by atoms with van der Waals surface area (Å²) in [4.78, 5) is 28.6. The van der Waals surface area contributed by atoms with Gasteiger partial charge < -0.3 is 15.0 Å². The van der Waals surface area contributed by atoms with Crippen molar-refractivity contribution >= 4 is 17.5 Å². The van der Waals surface area contributed by atoms with E-state index in [9.17, 15) is 9.59 Å². The molecule has 2 amide bonds. The molecular weight excluding hydrogens is 342 g/mol. The van der Waals surface area contributed by atoms with Crippen molar-refractivity contribution in [2.45, 2.75) is 32.1 Å². The Morgan fingerprint density at radius 1 is 1.11 bits per heavy atom. The van der Waals surface area contributed by atoms with Gasteiger partial charge in [-0.15, -0.1) is 0 Å². The maximum Gasteiger partial charge on any atom is 0.238 e. The van der Waals surface area contributed by atoms with Crippen molar-refractivity contribution in [3.8, 4) is 5.75 Å². The van der Waals surface area contributed by atoms with Crippen LogP contribution in [0.25, 0.3) is 0 Å². The Labute approximate surface area is 161 Å². The summed E-state index contributed by atoms with van der Waals surface area (Å²) in [5, 5.41) is 2.85. The van der Waals surface area contributed by atoms with Gasteiger partial charge in [-0.1, -0.05) is 19.3 Å². The molecule has 3 rings (SSSR count). The molecule has 0 radical (unpaired) electrons. The first-order valence-electron chi connectivity index (χ1n) is 9.95. The minimum atomic E-state index is -0.124. The average molecular weight is 373 g/mol. The standard InChI is InChI=1S/C21H31N3O3/c1-23(14-20(25)22-18-7-9-19(27-2)10-8-18)15-21(26)24-12-11-16-5-3-4-6-17(16)13-24/h7-10,16-17H,3-6,11-15H2,1-2H3,(H,22,25)/t16-,17+/m0/s1. The van der Waals surface area contributed by atoms with Gasteiger partial charge in [0.1, 0.15) is 5.75 Å². The van der Waals surface area contributed by atoms with E-state index in [2.05, 4.69) is 5.32 Å². The maximum atomic E-state index is 12.6. The highest BCUT2D eigenvalue weighted by Crippen LogP contribution is 2.36. The van der Waals surface area contributed by atoms with Crippen molar-refractivity contribution in [2.75, 3.05) is 45.7 Å². The van der Waals surface area contributed by atoms with Crippen molar-refractivity contribution in [1.82, 2.24) is 9.80 Å². The molecule has 2 atom stereocenters. The summed E-state index contributed by atoms with van der Waals surface area (Å²) >= 11 is 0. The summed E-state index contributed by atoms with van der Waals surface area (Å²) in [6.07, 6.45) is 6.38. The quantitative estimate of drug-likeness (QED) is 0.833. The van der Waals surface area contributed by atoms with E-state index in [0.717, 1.165) is 36.9 Å². The minimum Gasteiger partial charge on any atom is -0.497 e. The first-order chi connectivity index (χ1) is 13.0. The summed E-state index contributed by atoms with van der Waals surface area (Å²) in [5.41, 5.74) is 0.722. The van der Waals surface area contributed by atoms with E-state index in [4.69, 9.17) is 4.74 Å². The Kier molecular flexibility index (Phi) is 6.72. The number of rotatable bonds is 6. The summed E-state index contributed by atoms with van der Waals surface area (Å²) < 4.78 is 5.11. The van der Waals surface area contributed by atoms with E-state index in [-0.39, 0.29) is 24.9 Å². The third-order valence-corrected chi connectivity index (χ3v) is 5.84. The van der Waals surface area contributed by atoms with E-state index < -0.39 is 0 Å². The molecule has 0 bridgehead atoms. The molecule has 1 aromatic carbocycles. The van der Waals surface area contributed by atoms with Crippen LogP contribution in [0.4, 0.5) is 5.69 Å². The molecule has 2 aliphatic rings. The number of methoxy groups -OCH3 is 1. The SMILES string of the molecule is COc1ccc(NC(=O)CN(C)CC(=O)N2CC[C@@H]3CCCC[C@@H]3C2)cc1. The number of nitrogens with zero attached hydrogens (tertiary/aromatic N) is 2. The van der Waals surface area contributed by atoms with Crippen LogP contribution in [-0.4, -0.2) is 62.0 Å². The number of amides is 2. The number of hydrogen-bond acceptors (Lipinski definition) is 4. The molecule has 1 N–H and O–H groups in total. The third-order valence-electron chi connectivity index (χ3n) is 5.84. The van der Waals surface area contributed by atoms with Crippen LogP contribution in [0.1, 0.15) is 32.1 Å². The Morgan fingerprint density at radius 2 is 1.81 bits per heavy atom. The van der Waals surface area contributed by atoms with Crippen molar-refractivity contribution in [1.29, 1.82) is 0 Å². The van der Waals surface area contributed by atoms with Gasteiger partial charge >= 0.3 is 0 Å². The van der Waals surface area contributed by atoms with Crippen LogP contribution in [-0.2, 0) is 9.59 Å². The summed E-state index contributed by atoms with van der Waals surface area (Å²) in [5.74, 6) is 2.26. The van der Waals surface area contributed by atoms with E-state index in [1.807, 2.05) is 11.9 Å². The van der Waals surface area contributed by atoms with Crippen molar-refractivity contribution < 1.29 is 14.3 Å². The van der Waals surface area contributed by atoms with Crippen LogP contribution >= 0.6 is 0 Å². The molecule has 148 valence electrons. The second-order valence-corrected chi connectivity index (χ2v) is 7.88. The first-order valence-corrected chi connectivity index (χ1v) is 9.95. The number of likely N-dealkylation sites (N-methyl/N-ethyl adjacent to an activating group) is 1. The lowest BCUT2D eigenvalue weighted by Gasteiger charge is -2.41. The molecular formula is C21H31N3O3. The van der Waals surface area contributed by atoms with Gasteiger partial charge in [0, 0.05) is 18.8 Å². The molecule has 1 saturated heterocycles. The summed E-state index contributed by atoms with van der Waals surface area (Å²) in [6, 6.07) is 7.21. The lowest BCUT2D eigenvalue weighted by atomic mass is 9.75. The van der Waals surface area contributed by atoms with Gasteiger partial charge in [-0.2, -0.15) is 0 Å². The Bertz CT molecular complexity index is 647. The zero-order chi connectivity index (χ0) is 19.2. The topological polar surface area (TPSA) is 61.9 Å². The maximum absolute atomic E-state index is 12.6. The van der Waals surface area contributed by atoms with Gasteiger partial charge in [0.25, 0.3) is 0 Å². The Morgan fingerprint density at radius 3 is 2.52 bits per heavy atom. The normalized spacial score (nSPS) is 22.3. The van der Waals surface area contributed by atoms with Gasteiger partial charge in [0.2, 0.25) is 11.8 Å². The number of fused-ring (bicyclic) bond motifs is 1. The third kappa shape index (κ3) is 5.45. The predicted octanol–water partition coefficient (Wildman–Crippen LogP) is 2.60. The van der Waals surface area contributed by atoms with Gasteiger partial charge in [-0.25, -0.2) is 0 Å². The molecule has 0 aromatic heterocycles. The van der Waals surface area contributed by atoms with Crippen molar-refractivity contribution in [3.05, 3.63) is 24.3 Å². The highest BCUT2D eigenvalue weighted by atomic mass is 16.5. The van der Waals surface area contributed by atoms with Crippen molar-refractivity contribution in [3.63, 3.8) is 0 Å². The zero-order valence-corrected chi connectivity index (χ0v) is 16.4. The lowest BCUT2D eigenvalue weighted by Crippen LogP contribution is -2.48. The van der Waals surface area contributed by atoms with Crippen LogP contribution in [0.2, 0.25) is 0 Å². The zero-order valence-electron chi connectivity index (χ0n) is 16.4. The van der Waals surface area contributed by atoms with Crippen LogP contribution in [0.15, 0.2) is 24.3 Å². The van der Waals surface area contributed by atoms with Crippen LogP contribution in [0.3, 0.4) is 0 Å². The van der Waals surface area contributed by atoms with E-state index in [1.54, 1.807) is 36.3 Å². The molecule has 1 saturated carbocycles. The van der Waals surface area contributed by atoms with Gasteiger partial charge in [-0.05, 0) is 56.0 Å². The molecule has 27 heavy (non-hydrogen) atoms. The number of nitrogens with one attached hydrogen (secondary N) is 1. The fourth-order valence-electron chi connectivity index (χ4n) is 4.33. The second kappa shape index (κ2) is 9.22. The number of carbonyl (C=O) groups is 2. The largest absolute Gasteiger partial charge is 0.497 e. The summed E-state index contributed by atoms with van der Waals surface area (Å²) in [6.45, 7) is 2.24. The predicted molar refractivity (Wildman–Crippen MR) is 106 cm³/mol. The van der Waals surface area contributed by atoms with E-state index in [0.29, 0.717) is 5.92 Å². The number of likely N-dealkylation sites (tertiary alicyclic amines) is 1. The molecule has 1 aromatic rings. The molecule has 0 spiro atoms. The first kappa shape index (κ1) is 19.7. The van der Waals surface area contributed by atoms with Gasteiger partial charge in [0.05, 0.1) is 20.2 Å². The molecule has 1 aliphatic carbocycles. The number of piperidine rings is 1. The Balaban J connectivity index is 1.43. The monoisotopic (exact) mass is 373 g/mol. The number of benzene rings is 1. The van der Waals surface area contributed by atoms with Gasteiger partial charge in [-0.3, -0.25) is 14.5 Å². The van der Waals surface area contributed by atoms with Crippen molar-refractivity contribution in [2.24, 2.45) is 11.8 Å². The fraction of sp³-hybridized carbons (Fsp3) is 0.619. The van der Waals surface area contributed by atoms with E-state index in [1.165, 1.54) is 25.7 Å². The van der Waals surface area contributed by atoms with E-state index >= 15 is 0 Å². The summed E-state index contributed by atoms with van der Waals surface area (Å²) in [7, 11) is 3.43. The molecule has 1 heterocycles. The van der Waals surface area contributed by atoms with Gasteiger partial charge in [0.15, 0.2) is 0 Å². The second-order valence-electron chi connectivity index (χ2n) is 7.88. The molecule has 2 fully saturated rings. The van der Waals surface area contributed by atoms with Crippen LogP contribution in [0, 0.1) is 11.8 Å². The van der Waals surface area contributed by atoms with Crippen LogP contribution < -0.4 is 10.1 Å². The number of anilines is 1. The number of ether oxygens (including phenoxy) is 1. The highest BCUT2D eigenvalue weighted by molar-refractivity contribution is 5.92. The number of carbonyl (C=O) groups excluding carboxylic acids is 2. The Hall–Kier alpha value is -2.08. The number of hydrogen-bond donors (Lipinski definition) is 1. The lowest BCUT2D eigenvalue weighted by molar-refractivity contribution is -0.135. The average Bonchev–Trinajstić information content (AvgIpc) is 2.68.